The van der Waals surface area contributed by atoms with Crippen LogP contribution in [0, 0.1) is 0 Å². The Balaban J connectivity index is 0.00000106. The summed E-state index contributed by atoms with van der Waals surface area (Å²) < 4.78 is 5.82. The Labute approximate surface area is 112 Å². The molecule has 0 aliphatic rings. The molecule has 0 unspecified atom stereocenters. The molecule has 1 aromatic rings. The van der Waals surface area contributed by atoms with Crippen molar-refractivity contribution in [2.45, 2.75) is 20.3 Å². The maximum Gasteiger partial charge on any atom is 0.219 e. The number of hydrogen-bond acceptors (Lipinski definition) is 4. The zero-order valence-electron chi connectivity index (χ0n) is 9.70. The molecule has 0 aliphatic heterocycles. The van der Waals surface area contributed by atoms with Crippen LogP contribution in [0.4, 0.5) is 0 Å². The van der Waals surface area contributed by atoms with Crippen LogP contribution in [-0.2, 0) is 11.2 Å². The molecule has 2 nitrogen and oxygen atoms in total. The Kier molecular flexibility index (Phi) is 9.68. The van der Waals surface area contributed by atoms with Crippen LogP contribution < -0.4 is 0 Å². The number of aromatic nitrogens is 1. The van der Waals surface area contributed by atoms with Crippen molar-refractivity contribution < 1.29 is 4.74 Å². The molecule has 1 rings (SSSR count). The molecule has 0 aromatic carbocycles. The summed E-state index contributed by atoms with van der Waals surface area (Å²) in [7, 11) is 0. The number of rotatable bonds is 3. The van der Waals surface area contributed by atoms with Gasteiger partial charge >= 0.3 is 0 Å². The third-order valence-corrected chi connectivity index (χ3v) is 2.83. The minimum Gasteiger partial charge on any atom is -0.478 e. The van der Waals surface area contributed by atoms with E-state index in [2.05, 4.69) is 4.98 Å². The van der Waals surface area contributed by atoms with Gasteiger partial charge in [0.1, 0.15) is 0 Å². The zero-order valence-corrected chi connectivity index (χ0v) is 12.1. The Hall–Kier alpha value is -0.320. The van der Waals surface area contributed by atoms with Crippen LogP contribution in [0.3, 0.4) is 0 Å². The SMILES string of the molecule is CC.CSC(=S)OCCc1ccc(Cl)cn1. The third-order valence-electron chi connectivity index (χ3n) is 1.53. The first-order chi connectivity index (χ1) is 7.72. The second-order valence-corrected chi connectivity index (χ2v) is 4.37. The summed E-state index contributed by atoms with van der Waals surface area (Å²) in [6.45, 7) is 4.56. The standard InChI is InChI=1S/C9H10ClNOS2.C2H6/c1-14-9(13)12-5-4-8-3-2-7(10)6-11-8;1-2/h2-3,6H,4-5H2,1H3;1-2H3. The highest BCUT2D eigenvalue weighted by atomic mass is 35.5. The molecule has 0 fully saturated rings. The number of pyridine rings is 1. The molecule has 0 amide bonds. The lowest BCUT2D eigenvalue weighted by Crippen LogP contribution is -2.02. The van der Waals surface area contributed by atoms with Gasteiger partial charge in [0.25, 0.3) is 0 Å². The molecule has 0 atom stereocenters. The van der Waals surface area contributed by atoms with E-state index < -0.39 is 0 Å². The van der Waals surface area contributed by atoms with Gasteiger partial charge in [-0.1, -0.05) is 37.2 Å². The molecule has 0 radical (unpaired) electrons. The predicted octanol–water partition coefficient (Wildman–Crippen LogP) is 3.97. The molecule has 0 spiro atoms. The van der Waals surface area contributed by atoms with Crippen LogP contribution in [0.25, 0.3) is 0 Å². The first-order valence-corrected chi connectivity index (χ1v) is 7.04. The first-order valence-electron chi connectivity index (χ1n) is 5.03. The summed E-state index contributed by atoms with van der Waals surface area (Å²) in [5.41, 5.74) is 0.957. The number of thioether (sulfide) groups is 1. The first kappa shape index (κ1) is 15.7. The number of hydrogen-bond donors (Lipinski definition) is 0. The lowest BCUT2D eigenvalue weighted by molar-refractivity contribution is 0.325. The highest BCUT2D eigenvalue weighted by Crippen LogP contribution is 2.07. The van der Waals surface area contributed by atoms with E-state index in [9.17, 15) is 0 Å². The lowest BCUT2D eigenvalue weighted by Gasteiger charge is -2.04. The quantitative estimate of drug-likeness (QED) is 0.780. The van der Waals surface area contributed by atoms with E-state index in [4.69, 9.17) is 28.6 Å². The Bertz CT molecular complexity index is 303. The number of halogens is 1. The van der Waals surface area contributed by atoms with E-state index in [1.807, 2.05) is 32.2 Å². The summed E-state index contributed by atoms with van der Waals surface area (Å²) in [5.74, 6) is 0. The molecule has 0 bridgehead atoms. The van der Waals surface area contributed by atoms with Crippen LogP contribution in [-0.4, -0.2) is 22.2 Å². The largest absolute Gasteiger partial charge is 0.478 e. The van der Waals surface area contributed by atoms with Crippen molar-refractivity contribution in [3.63, 3.8) is 0 Å². The van der Waals surface area contributed by atoms with Crippen molar-refractivity contribution in [1.82, 2.24) is 4.98 Å². The van der Waals surface area contributed by atoms with Gasteiger partial charge in [0.05, 0.1) is 11.6 Å². The molecule has 0 N–H and O–H groups in total. The lowest BCUT2D eigenvalue weighted by atomic mass is 10.3. The van der Waals surface area contributed by atoms with Gasteiger partial charge in [-0.15, -0.1) is 0 Å². The zero-order chi connectivity index (χ0) is 12.4. The van der Waals surface area contributed by atoms with Crippen LogP contribution in [0.15, 0.2) is 18.3 Å². The van der Waals surface area contributed by atoms with Crippen molar-refractivity contribution in [2.24, 2.45) is 0 Å². The highest BCUT2D eigenvalue weighted by Gasteiger charge is 1.97. The Morgan fingerprint density at radius 3 is 2.69 bits per heavy atom. The van der Waals surface area contributed by atoms with Gasteiger partial charge in [-0.2, -0.15) is 0 Å². The Morgan fingerprint density at radius 1 is 1.50 bits per heavy atom. The van der Waals surface area contributed by atoms with Crippen molar-refractivity contribution in [3.05, 3.63) is 29.0 Å². The Morgan fingerprint density at radius 2 is 2.19 bits per heavy atom. The minimum atomic E-state index is 0.564. The van der Waals surface area contributed by atoms with Crippen LogP contribution in [0.5, 0.6) is 0 Å². The molecular weight excluding hydrogens is 262 g/mol. The van der Waals surface area contributed by atoms with E-state index in [1.165, 1.54) is 11.8 Å². The third kappa shape index (κ3) is 7.04. The van der Waals surface area contributed by atoms with E-state index in [0.29, 0.717) is 16.0 Å². The minimum absolute atomic E-state index is 0.564. The average molecular weight is 278 g/mol. The normalized spacial score (nSPS) is 9.00. The number of thiocarbonyl (C=S) groups is 1. The van der Waals surface area contributed by atoms with Gasteiger partial charge in [0, 0.05) is 18.3 Å². The van der Waals surface area contributed by atoms with E-state index >= 15 is 0 Å². The maximum atomic E-state index is 5.70. The predicted molar refractivity (Wildman–Crippen MR) is 76.4 cm³/mol. The molecular formula is C11H16ClNOS2. The smallest absolute Gasteiger partial charge is 0.219 e. The fraction of sp³-hybridized carbons (Fsp3) is 0.455. The van der Waals surface area contributed by atoms with Crippen molar-refractivity contribution in [2.75, 3.05) is 12.9 Å². The van der Waals surface area contributed by atoms with Crippen LogP contribution in [0.2, 0.25) is 5.02 Å². The average Bonchev–Trinajstić information content (AvgIpc) is 2.34. The van der Waals surface area contributed by atoms with Crippen molar-refractivity contribution in [1.29, 1.82) is 0 Å². The maximum absolute atomic E-state index is 5.70. The summed E-state index contributed by atoms with van der Waals surface area (Å²) in [5, 5.41) is 0.648. The van der Waals surface area contributed by atoms with E-state index in [0.717, 1.165) is 12.1 Å². The molecule has 1 aromatic heterocycles. The summed E-state index contributed by atoms with van der Waals surface area (Å²) in [6.07, 6.45) is 4.27. The molecule has 0 aliphatic carbocycles. The summed E-state index contributed by atoms with van der Waals surface area (Å²) in [4.78, 5) is 4.14. The van der Waals surface area contributed by atoms with Gasteiger partial charge in [-0.3, -0.25) is 4.98 Å². The topological polar surface area (TPSA) is 22.1 Å². The van der Waals surface area contributed by atoms with Crippen molar-refractivity contribution >= 4 is 40.0 Å². The molecule has 5 heteroatoms. The van der Waals surface area contributed by atoms with Crippen molar-refractivity contribution in [3.8, 4) is 0 Å². The summed E-state index contributed by atoms with van der Waals surface area (Å²) >= 11 is 12.0. The fourth-order valence-electron chi connectivity index (χ4n) is 0.852. The van der Waals surface area contributed by atoms with E-state index in [-0.39, 0.29) is 0 Å². The number of ether oxygens (including phenoxy) is 1. The molecule has 0 saturated heterocycles. The molecule has 1 heterocycles. The molecule has 90 valence electrons. The van der Waals surface area contributed by atoms with Gasteiger partial charge < -0.3 is 4.74 Å². The molecule has 16 heavy (non-hydrogen) atoms. The second-order valence-electron chi connectivity index (χ2n) is 2.52. The van der Waals surface area contributed by atoms with Crippen LogP contribution in [0.1, 0.15) is 19.5 Å². The van der Waals surface area contributed by atoms with Gasteiger partial charge in [-0.05, 0) is 30.6 Å². The van der Waals surface area contributed by atoms with Gasteiger partial charge in [0.2, 0.25) is 4.38 Å². The fourth-order valence-corrected chi connectivity index (χ4v) is 1.25. The molecule has 0 saturated carbocycles. The second kappa shape index (κ2) is 9.87. The monoisotopic (exact) mass is 277 g/mol. The summed E-state index contributed by atoms with van der Waals surface area (Å²) in [6, 6.07) is 3.70. The highest BCUT2D eigenvalue weighted by molar-refractivity contribution is 8.22. The number of nitrogens with zero attached hydrogens (tertiary/aromatic N) is 1. The van der Waals surface area contributed by atoms with E-state index in [1.54, 1.807) is 6.20 Å². The van der Waals surface area contributed by atoms with Crippen LogP contribution >= 0.6 is 35.6 Å². The van der Waals surface area contributed by atoms with Gasteiger partial charge in [0.15, 0.2) is 0 Å². The van der Waals surface area contributed by atoms with Gasteiger partial charge in [-0.25, -0.2) is 0 Å².